The van der Waals surface area contributed by atoms with Crippen molar-refractivity contribution in [3.63, 3.8) is 0 Å². The molecule has 4 nitrogen and oxygen atoms in total. The van der Waals surface area contributed by atoms with Gasteiger partial charge in [-0.1, -0.05) is 37.3 Å². The van der Waals surface area contributed by atoms with E-state index in [1.165, 1.54) is 0 Å². The molecule has 1 N–H and O–H groups in total. The first kappa shape index (κ1) is 15.7. The number of thioether (sulfide) groups is 1. The van der Waals surface area contributed by atoms with E-state index >= 15 is 0 Å². The van der Waals surface area contributed by atoms with Gasteiger partial charge in [0.1, 0.15) is 19.0 Å². The minimum atomic E-state index is -0.469. The Morgan fingerprint density at radius 3 is 2.91 bits per heavy atom. The van der Waals surface area contributed by atoms with Crippen molar-refractivity contribution in [3.8, 4) is 5.75 Å². The second-order valence-electron chi connectivity index (χ2n) is 5.31. The summed E-state index contributed by atoms with van der Waals surface area (Å²) in [6.07, 6.45) is 0.610. The third-order valence-corrected chi connectivity index (χ3v) is 4.97. The fourth-order valence-corrected chi connectivity index (χ4v) is 3.31. The first-order valence-corrected chi connectivity index (χ1v) is 8.54. The Kier molecular flexibility index (Phi) is 5.08. The zero-order chi connectivity index (χ0) is 16.1. The number of fused-ring (bicyclic) bond motifs is 1. The Balaban J connectivity index is 1.57. The van der Waals surface area contributed by atoms with Gasteiger partial charge in [-0.15, -0.1) is 11.8 Å². The van der Waals surface area contributed by atoms with Crippen molar-refractivity contribution in [1.29, 1.82) is 0 Å². The molecule has 2 aromatic rings. The van der Waals surface area contributed by atoms with Crippen LogP contribution in [0.5, 0.6) is 5.75 Å². The van der Waals surface area contributed by atoms with Crippen LogP contribution in [0.15, 0.2) is 53.4 Å². The number of ether oxygens (including phenoxy) is 2. The van der Waals surface area contributed by atoms with Crippen LogP contribution in [0.4, 0.5) is 10.5 Å². The Morgan fingerprint density at radius 2 is 2.13 bits per heavy atom. The summed E-state index contributed by atoms with van der Waals surface area (Å²) in [5.74, 6) is 0.820. The lowest BCUT2D eigenvalue weighted by Crippen LogP contribution is -2.18. The van der Waals surface area contributed by atoms with Gasteiger partial charge in [0, 0.05) is 21.9 Å². The highest BCUT2D eigenvalue weighted by Crippen LogP contribution is 2.39. The van der Waals surface area contributed by atoms with Crippen LogP contribution in [0.1, 0.15) is 18.9 Å². The van der Waals surface area contributed by atoms with E-state index in [0.717, 1.165) is 22.6 Å². The molecule has 1 unspecified atom stereocenters. The van der Waals surface area contributed by atoms with Crippen LogP contribution < -0.4 is 10.1 Å². The SMILES string of the molecule is CCC1COc2cc(NC(=O)OCc3ccccc3)ccc2S1. The monoisotopic (exact) mass is 329 g/mol. The number of amides is 1. The second kappa shape index (κ2) is 7.42. The summed E-state index contributed by atoms with van der Waals surface area (Å²) in [5, 5.41) is 3.23. The Hall–Kier alpha value is -2.14. The molecule has 1 atom stereocenters. The standard InChI is InChI=1S/C18H19NO3S/c1-2-15-12-21-16-10-14(8-9-17(16)23-15)19-18(20)22-11-13-6-4-3-5-7-13/h3-10,15H,2,11-12H2,1H3,(H,19,20). The van der Waals surface area contributed by atoms with E-state index in [-0.39, 0.29) is 6.61 Å². The van der Waals surface area contributed by atoms with Crippen LogP contribution in [0.25, 0.3) is 0 Å². The number of carbonyl (C=O) groups is 1. The average Bonchev–Trinajstić information content (AvgIpc) is 2.60. The van der Waals surface area contributed by atoms with Crippen LogP contribution in [-0.2, 0) is 11.3 Å². The molecule has 5 heteroatoms. The van der Waals surface area contributed by atoms with Gasteiger partial charge >= 0.3 is 6.09 Å². The molecule has 1 aliphatic heterocycles. The lowest BCUT2D eigenvalue weighted by Gasteiger charge is -2.24. The summed E-state index contributed by atoms with van der Waals surface area (Å²) in [5.41, 5.74) is 1.63. The number of anilines is 1. The highest BCUT2D eigenvalue weighted by molar-refractivity contribution is 8.00. The molecule has 0 bridgehead atoms. The Labute approximate surface area is 140 Å². The maximum atomic E-state index is 11.9. The van der Waals surface area contributed by atoms with Crippen molar-refractivity contribution in [2.75, 3.05) is 11.9 Å². The minimum absolute atomic E-state index is 0.252. The van der Waals surface area contributed by atoms with Crippen molar-refractivity contribution < 1.29 is 14.3 Å². The van der Waals surface area contributed by atoms with Gasteiger partial charge in [0.2, 0.25) is 0 Å². The summed E-state index contributed by atoms with van der Waals surface area (Å²) in [4.78, 5) is 13.0. The first-order valence-electron chi connectivity index (χ1n) is 7.66. The van der Waals surface area contributed by atoms with Crippen molar-refractivity contribution >= 4 is 23.5 Å². The van der Waals surface area contributed by atoms with Crippen LogP contribution in [0.2, 0.25) is 0 Å². The van der Waals surface area contributed by atoms with Crippen molar-refractivity contribution in [2.24, 2.45) is 0 Å². The number of nitrogens with one attached hydrogen (secondary N) is 1. The zero-order valence-corrected chi connectivity index (χ0v) is 13.8. The minimum Gasteiger partial charge on any atom is -0.491 e. The summed E-state index contributed by atoms with van der Waals surface area (Å²) in [7, 11) is 0. The molecule has 0 spiro atoms. The molecule has 1 heterocycles. The van der Waals surface area contributed by atoms with Crippen LogP contribution in [0, 0.1) is 0 Å². The molecule has 23 heavy (non-hydrogen) atoms. The largest absolute Gasteiger partial charge is 0.491 e. The molecule has 1 aliphatic rings. The van der Waals surface area contributed by atoms with Gasteiger partial charge in [-0.05, 0) is 24.1 Å². The highest BCUT2D eigenvalue weighted by atomic mass is 32.2. The van der Waals surface area contributed by atoms with Crippen molar-refractivity contribution in [1.82, 2.24) is 0 Å². The fraction of sp³-hybridized carbons (Fsp3) is 0.278. The summed E-state index contributed by atoms with van der Waals surface area (Å²) < 4.78 is 11.0. The third kappa shape index (κ3) is 4.20. The van der Waals surface area contributed by atoms with Crippen LogP contribution in [-0.4, -0.2) is 18.0 Å². The number of hydrogen-bond acceptors (Lipinski definition) is 4. The van der Waals surface area contributed by atoms with E-state index in [0.29, 0.717) is 17.5 Å². The number of benzene rings is 2. The highest BCUT2D eigenvalue weighted by Gasteiger charge is 2.19. The number of carbonyl (C=O) groups excluding carboxylic acids is 1. The lowest BCUT2D eigenvalue weighted by molar-refractivity contribution is 0.155. The molecule has 0 aliphatic carbocycles. The molecular weight excluding hydrogens is 310 g/mol. The molecule has 0 aromatic heterocycles. The number of rotatable bonds is 4. The number of hydrogen-bond donors (Lipinski definition) is 1. The van der Waals surface area contributed by atoms with Crippen LogP contribution in [0.3, 0.4) is 0 Å². The smallest absolute Gasteiger partial charge is 0.411 e. The van der Waals surface area contributed by atoms with E-state index in [1.807, 2.05) is 60.3 Å². The van der Waals surface area contributed by atoms with Gasteiger partial charge in [0.15, 0.2) is 0 Å². The van der Waals surface area contributed by atoms with E-state index in [1.54, 1.807) is 0 Å². The molecule has 1 amide bonds. The molecule has 120 valence electrons. The maximum Gasteiger partial charge on any atom is 0.411 e. The average molecular weight is 329 g/mol. The van der Waals surface area contributed by atoms with Gasteiger partial charge in [-0.25, -0.2) is 4.79 Å². The normalized spacial score (nSPS) is 16.1. The summed E-state index contributed by atoms with van der Waals surface area (Å²) in [6, 6.07) is 15.3. The molecule has 0 radical (unpaired) electrons. The molecule has 0 fully saturated rings. The van der Waals surface area contributed by atoms with E-state index < -0.39 is 6.09 Å². The van der Waals surface area contributed by atoms with Gasteiger partial charge in [0.05, 0.1) is 0 Å². The molecule has 3 rings (SSSR count). The Bertz CT molecular complexity index is 675. The lowest BCUT2D eigenvalue weighted by atomic mass is 10.2. The second-order valence-corrected chi connectivity index (χ2v) is 6.65. The van der Waals surface area contributed by atoms with Gasteiger partial charge in [-0.3, -0.25) is 5.32 Å². The predicted octanol–water partition coefficient (Wildman–Crippen LogP) is 4.70. The van der Waals surface area contributed by atoms with Gasteiger partial charge in [0.25, 0.3) is 0 Å². The van der Waals surface area contributed by atoms with E-state index in [2.05, 4.69) is 12.2 Å². The molecule has 2 aromatic carbocycles. The summed E-state index contributed by atoms with van der Waals surface area (Å²) >= 11 is 1.82. The topological polar surface area (TPSA) is 47.6 Å². The molecular formula is C18H19NO3S. The van der Waals surface area contributed by atoms with Crippen LogP contribution >= 0.6 is 11.8 Å². The molecule has 0 saturated carbocycles. The van der Waals surface area contributed by atoms with Crippen molar-refractivity contribution in [3.05, 3.63) is 54.1 Å². The van der Waals surface area contributed by atoms with E-state index in [9.17, 15) is 4.79 Å². The molecule has 0 saturated heterocycles. The fourth-order valence-electron chi connectivity index (χ4n) is 2.27. The predicted molar refractivity (Wildman–Crippen MR) is 92.1 cm³/mol. The maximum absolute atomic E-state index is 11.9. The van der Waals surface area contributed by atoms with E-state index in [4.69, 9.17) is 9.47 Å². The van der Waals surface area contributed by atoms with Gasteiger partial charge < -0.3 is 9.47 Å². The summed E-state index contributed by atoms with van der Waals surface area (Å²) in [6.45, 7) is 3.11. The van der Waals surface area contributed by atoms with Crippen molar-refractivity contribution in [2.45, 2.75) is 30.1 Å². The first-order chi connectivity index (χ1) is 11.2. The zero-order valence-electron chi connectivity index (χ0n) is 13.0. The third-order valence-electron chi connectivity index (χ3n) is 3.58. The Morgan fingerprint density at radius 1 is 1.30 bits per heavy atom. The quantitative estimate of drug-likeness (QED) is 0.883. The van der Waals surface area contributed by atoms with Gasteiger partial charge in [-0.2, -0.15) is 0 Å².